The first-order valence-corrected chi connectivity index (χ1v) is 7.62. The van der Waals surface area contributed by atoms with E-state index < -0.39 is 0 Å². The first kappa shape index (κ1) is 13.3. The zero-order valence-electron chi connectivity index (χ0n) is 11.2. The van der Waals surface area contributed by atoms with Gasteiger partial charge in [0.2, 0.25) is 5.91 Å². The van der Waals surface area contributed by atoms with E-state index >= 15 is 0 Å². The van der Waals surface area contributed by atoms with Crippen molar-refractivity contribution in [3.05, 3.63) is 29.8 Å². The van der Waals surface area contributed by atoms with Crippen LogP contribution in [0.3, 0.4) is 0 Å². The molecule has 2 heterocycles. The van der Waals surface area contributed by atoms with Crippen LogP contribution in [-0.2, 0) is 16.0 Å². The Morgan fingerprint density at radius 1 is 1.55 bits per heavy atom. The van der Waals surface area contributed by atoms with E-state index in [0.29, 0.717) is 0 Å². The van der Waals surface area contributed by atoms with E-state index in [0.717, 1.165) is 22.8 Å². The summed E-state index contributed by atoms with van der Waals surface area (Å²) in [5.41, 5.74) is 0.885. The molecule has 1 aromatic rings. The predicted molar refractivity (Wildman–Crippen MR) is 77.3 cm³/mol. The number of nitrogens with one attached hydrogen (secondary N) is 1. The average Bonchev–Trinajstić information content (AvgIpc) is 2.98. The topological polar surface area (TPSA) is 62.6 Å². The molecule has 2 atom stereocenters. The largest absolute Gasteiger partial charge is 0.497 e. The Morgan fingerprint density at radius 2 is 2.40 bits per heavy atom. The third kappa shape index (κ3) is 2.35. The van der Waals surface area contributed by atoms with E-state index in [1.807, 2.05) is 24.3 Å². The molecule has 1 N–H and O–H groups in total. The van der Waals surface area contributed by atoms with Crippen LogP contribution in [0.2, 0.25) is 0 Å². The van der Waals surface area contributed by atoms with Crippen molar-refractivity contribution in [3.63, 3.8) is 0 Å². The van der Waals surface area contributed by atoms with Crippen molar-refractivity contribution in [2.75, 3.05) is 18.6 Å². The second-order valence-corrected chi connectivity index (χ2v) is 5.93. The van der Waals surface area contributed by atoms with Gasteiger partial charge in [-0.15, -0.1) is 0 Å². The number of amides is 1. The standard InChI is InChI=1S/C14H16N2O3S/c1-18-10-4-2-3-9(5-10)6-13(17)16-11-7-20-8-12(11)19-14(16)15/h2-5,11-12,15H,6-8H2,1H3/t11-,12-/m1/s1. The molecule has 0 aliphatic carbocycles. The Hall–Kier alpha value is -1.69. The van der Waals surface area contributed by atoms with Gasteiger partial charge in [-0.3, -0.25) is 15.1 Å². The Kier molecular flexibility index (Phi) is 3.56. The normalized spacial score (nSPS) is 24.4. The van der Waals surface area contributed by atoms with Gasteiger partial charge in [-0.2, -0.15) is 11.8 Å². The summed E-state index contributed by atoms with van der Waals surface area (Å²) < 4.78 is 10.6. The number of nitrogens with zero attached hydrogens (tertiary/aromatic N) is 1. The monoisotopic (exact) mass is 292 g/mol. The third-order valence-electron chi connectivity index (χ3n) is 3.57. The van der Waals surface area contributed by atoms with Crippen molar-refractivity contribution in [1.29, 1.82) is 5.41 Å². The van der Waals surface area contributed by atoms with Gasteiger partial charge in [0.1, 0.15) is 11.9 Å². The molecule has 2 fully saturated rings. The van der Waals surface area contributed by atoms with Gasteiger partial charge in [0.05, 0.1) is 19.6 Å². The first-order valence-electron chi connectivity index (χ1n) is 6.47. The van der Waals surface area contributed by atoms with E-state index in [1.165, 1.54) is 4.90 Å². The second kappa shape index (κ2) is 5.36. The van der Waals surface area contributed by atoms with E-state index in [1.54, 1.807) is 18.9 Å². The molecule has 5 nitrogen and oxygen atoms in total. The Bertz CT molecular complexity index is 549. The van der Waals surface area contributed by atoms with Crippen LogP contribution in [0, 0.1) is 5.41 Å². The molecular formula is C14H16N2O3S. The van der Waals surface area contributed by atoms with Gasteiger partial charge in [0.25, 0.3) is 6.02 Å². The summed E-state index contributed by atoms with van der Waals surface area (Å²) in [6, 6.07) is 7.46. The first-order chi connectivity index (χ1) is 9.69. The molecule has 1 aromatic carbocycles. The molecule has 0 spiro atoms. The van der Waals surface area contributed by atoms with Gasteiger partial charge >= 0.3 is 0 Å². The van der Waals surface area contributed by atoms with Crippen LogP contribution in [0.1, 0.15) is 5.56 Å². The number of hydrogen-bond donors (Lipinski definition) is 1. The number of amidine groups is 1. The van der Waals surface area contributed by atoms with Crippen molar-refractivity contribution >= 4 is 23.7 Å². The lowest BCUT2D eigenvalue weighted by Gasteiger charge is -2.19. The minimum Gasteiger partial charge on any atom is -0.497 e. The highest BCUT2D eigenvalue weighted by molar-refractivity contribution is 7.99. The molecule has 20 heavy (non-hydrogen) atoms. The highest BCUT2D eigenvalue weighted by atomic mass is 32.2. The number of carbonyl (C=O) groups excluding carboxylic acids is 1. The van der Waals surface area contributed by atoms with Crippen LogP contribution in [0.15, 0.2) is 24.3 Å². The van der Waals surface area contributed by atoms with Crippen LogP contribution in [0.4, 0.5) is 0 Å². The molecule has 106 valence electrons. The number of hydrogen-bond acceptors (Lipinski definition) is 5. The Morgan fingerprint density at radius 3 is 3.20 bits per heavy atom. The number of methoxy groups -OCH3 is 1. The van der Waals surface area contributed by atoms with Gasteiger partial charge in [0.15, 0.2) is 0 Å². The molecule has 1 amide bonds. The van der Waals surface area contributed by atoms with E-state index in [4.69, 9.17) is 14.9 Å². The summed E-state index contributed by atoms with van der Waals surface area (Å²) in [6.07, 6.45) is 0.248. The van der Waals surface area contributed by atoms with Crippen molar-refractivity contribution in [1.82, 2.24) is 4.90 Å². The SMILES string of the molecule is COc1cccc(CC(=O)N2C(=N)O[C@@H]3CSC[C@H]32)c1. The highest BCUT2D eigenvalue weighted by Crippen LogP contribution is 2.31. The molecular weight excluding hydrogens is 276 g/mol. The minimum atomic E-state index is -0.0850. The highest BCUT2D eigenvalue weighted by Gasteiger charge is 2.45. The van der Waals surface area contributed by atoms with Gasteiger partial charge in [-0.05, 0) is 17.7 Å². The third-order valence-corrected chi connectivity index (χ3v) is 4.71. The van der Waals surface area contributed by atoms with Crippen LogP contribution >= 0.6 is 11.8 Å². The van der Waals surface area contributed by atoms with Crippen molar-refractivity contribution in [2.45, 2.75) is 18.6 Å². The van der Waals surface area contributed by atoms with Gasteiger partial charge in [-0.25, -0.2) is 0 Å². The van der Waals surface area contributed by atoms with Crippen LogP contribution in [0.5, 0.6) is 5.75 Å². The van der Waals surface area contributed by atoms with E-state index in [-0.39, 0.29) is 30.5 Å². The summed E-state index contributed by atoms with van der Waals surface area (Å²) >= 11 is 1.77. The number of ether oxygens (including phenoxy) is 2. The maximum absolute atomic E-state index is 12.4. The van der Waals surface area contributed by atoms with Crippen LogP contribution in [-0.4, -0.2) is 47.6 Å². The van der Waals surface area contributed by atoms with Gasteiger partial charge in [0, 0.05) is 11.5 Å². The summed E-state index contributed by atoms with van der Waals surface area (Å²) in [5, 5.41) is 7.83. The summed E-state index contributed by atoms with van der Waals surface area (Å²) in [5.74, 6) is 2.35. The lowest BCUT2D eigenvalue weighted by Crippen LogP contribution is -2.42. The van der Waals surface area contributed by atoms with Crippen molar-refractivity contribution in [3.8, 4) is 5.75 Å². The van der Waals surface area contributed by atoms with Gasteiger partial charge < -0.3 is 9.47 Å². The van der Waals surface area contributed by atoms with E-state index in [2.05, 4.69) is 0 Å². The van der Waals surface area contributed by atoms with Gasteiger partial charge in [-0.1, -0.05) is 12.1 Å². The number of fused-ring (bicyclic) bond motifs is 1. The molecule has 3 rings (SSSR count). The lowest BCUT2D eigenvalue weighted by molar-refractivity contribution is -0.127. The van der Waals surface area contributed by atoms with Crippen molar-refractivity contribution in [2.24, 2.45) is 0 Å². The fourth-order valence-corrected chi connectivity index (χ4v) is 3.83. The summed E-state index contributed by atoms with van der Waals surface area (Å²) in [6.45, 7) is 0. The predicted octanol–water partition coefficient (Wildman–Crippen LogP) is 1.52. The maximum atomic E-state index is 12.4. The summed E-state index contributed by atoms with van der Waals surface area (Å²) in [4.78, 5) is 13.9. The smallest absolute Gasteiger partial charge is 0.292 e. The summed E-state index contributed by atoms with van der Waals surface area (Å²) in [7, 11) is 1.60. The zero-order valence-corrected chi connectivity index (χ0v) is 12.0. The minimum absolute atomic E-state index is 0.00630. The second-order valence-electron chi connectivity index (χ2n) is 4.86. The molecule has 2 aliphatic rings. The number of rotatable bonds is 3. The Labute approximate surface area is 121 Å². The fourth-order valence-electron chi connectivity index (χ4n) is 2.57. The zero-order chi connectivity index (χ0) is 14.1. The maximum Gasteiger partial charge on any atom is 0.292 e. The van der Waals surface area contributed by atoms with Crippen LogP contribution < -0.4 is 4.74 Å². The molecule has 0 aromatic heterocycles. The molecule has 0 radical (unpaired) electrons. The molecule has 0 unspecified atom stereocenters. The molecule has 0 bridgehead atoms. The van der Waals surface area contributed by atoms with Crippen LogP contribution in [0.25, 0.3) is 0 Å². The molecule has 2 aliphatic heterocycles. The van der Waals surface area contributed by atoms with Crippen molar-refractivity contribution < 1.29 is 14.3 Å². The number of benzene rings is 1. The quantitative estimate of drug-likeness (QED) is 0.917. The molecule has 2 saturated heterocycles. The Balaban J connectivity index is 1.74. The fraction of sp³-hybridized carbons (Fsp3) is 0.429. The molecule has 6 heteroatoms. The van der Waals surface area contributed by atoms with E-state index in [9.17, 15) is 4.79 Å². The molecule has 0 saturated carbocycles. The number of carbonyl (C=O) groups is 1. The average molecular weight is 292 g/mol. The number of thioether (sulfide) groups is 1. The lowest BCUT2D eigenvalue weighted by atomic mass is 10.1.